The molecule has 0 spiro atoms. The number of primary amides is 1. The number of para-hydroxylation sites is 1. The molecule has 192 valence electrons. The highest BCUT2D eigenvalue weighted by Gasteiger charge is 2.22. The maximum absolute atomic E-state index is 11.6. The maximum Gasteiger partial charge on any atom is 0.409 e. The van der Waals surface area contributed by atoms with Gasteiger partial charge in [-0.2, -0.15) is 0 Å². The van der Waals surface area contributed by atoms with Crippen LogP contribution in [0.5, 0.6) is 5.75 Å². The number of nitrogens with two attached hydrogens (primary N) is 1. The van der Waals surface area contributed by atoms with Crippen LogP contribution in [0.1, 0.15) is 34.4 Å². The molecule has 0 radical (unpaired) electrons. The van der Waals surface area contributed by atoms with Gasteiger partial charge in [0.15, 0.2) is 5.82 Å². The number of nitrogens with one attached hydrogen (secondary N) is 2. The van der Waals surface area contributed by atoms with Gasteiger partial charge in [0.25, 0.3) is 0 Å². The van der Waals surface area contributed by atoms with Crippen molar-refractivity contribution in [3.8, 4) is 5.75 Å². The normalized spacial score (nSPS) is 11.8. The van der Waals surface area contributed by atoms with Crippen LogP contribution in [0.3, 0.4) is 0 Å². The van der Waals surface area contributed by atoms with Crippen molar-refractivity contribution in [3.63, 3.8) is 0 Å². The van der Waals surface area contributed by atoms with Crippen LogP contribution >= 0.6 is 0 Å². The maximum atomic E-state index is 11.6. The van der Waals surface area contributed by atoms with E-state index in [0.29, 0.717) is 37.4 Å². The topological polar surface area (TPSA) is 128 Å². The zero-order chi connectivity index (χ0) is 26.3. The fourth-order valence-electron chi connectivity index (χ4n) is 4.67. The molecular formula is C29H28N6O3. The molecule has 9 nitrogen and oxygen atoms in total. The molecule has 0 saturated heterocycles. The number of aromatic amines is 1. The fraction of sp³-hybridized carbons (Fsp3) is 0.172. The van der Waals surface area contributed by atoms with E-state index in [2.05, 4.69) is 37.2 Å². The molecule has 2 amide bonds. The van der Waals surface area contributed by atoms with Gasteiger partial charge in [0.05, 0.1) is 12.6 Å². The summed E-state index contributed by atoms with van der Waals surface area (Å²) in [5, 5.41) is 13.2. The Bertz CT molecular complexity index is 1530. The number of benzene rings is 3. The van der Waals surface area contributed by atoms with E-state index in [0.717, 1.165) is 28.9 Å². The molecule has 1 atom stereocenters. The summed E-state index contributed by atoms with van der Waals surface area (Å²) in [4.78, 5) is 26.0. The van der Waals surface area contributed by atoms with Crippen molar-refractivity contribution in [3.05, 3.63) is 113 Å². The molecule has 5 rings (SSSR count). The lowest BCUT2D eigenvalue weighted by Gasteiger charge is -2.18. The second kappa shape index (κ2) is 11.4. The summed E-state index contributed by atoms with van der Waals surface area (Å²) in [6.45, 7) is 0.480. The Hall–Kier alpha value is -4.92. The van der Waals surface area contributed by atoms with E-state index >= 15 is 0 Å². The number of fused-ring (bicyclic) bond motifs is 1. The molecule has 0 unspecified atom stereocenters. The molecule has 0 aliphatic carbocycles. The van der Waals surface area contributed by atoms with E-state index in [1.807, 2.05) is 60.8 Å². The lowest BCUT2D eigenvalue weighted by Crippen LogP contribution is -2.26. The number of hydrogen-bond acceptors (Lipinski definition) is 5. The standard InChI is InChI=1S/C29H28N6O3/c30-29(37)38-23-13-10-21(11-14-23)18-35-27(15-12-22-17-31-25-9-5-4-8-24(22)25)33-34-28(35)26(32-19-36)16-20-6-2-1-3-7-20/h1-11,13-14,17,19,26,31H,12,15-16,18H2,(H2,30,37)(H,32,36)/t26-/m1/s1. The van der Waals surface area contributed by atoms with Crippen LogP contribution < -0.4 is 15.8 Å². The fourth-order valence-corrected chi connectivity index (χ4v) is 4.67. The van der Waals surface area contributed by atoms with Crippen LogP contribution in [-0.2, 0) is 30.6 Å². The number of H-pyrrole nitrogens is 1. The summed E-state index contributed by atoms with van der Waals surface area (Å²) in [5.74, 6) is 1.86. The summed E-state index contributed by atoms with van der Waals surface area (Å²) < 4.78 is 7.02. The van der Waals surface area contributed by atoms with Gasteiger partial charge in [-0.1, -0.05) is 60.7 Å². The Labute approximate surface area is 219 Å². The average molecular weight is 509 g/mol. The molecule has 0 aliphatic rings. The molecule has 3 aromatic carbocycles. The number of ether oxygens (including phenoxy) is 1. The van der Waals surface area contributed by atoms with E-state index in [4.69, 9.17) is 10.5 Å². The Morgan fingerprint density at radius 2 is 1.74 bits per heavy atom. The number of carbonyl (C=O) groups excluding carboxylic acids is 2. The first kappa shape index (κ1) is 24.8. The highest BCUT2D eigenvalue weighted by molar-refractivity contribution is 5.83. The monoisotopic (exact) mass is 508 g/mol. The van der Waals surface area contributed by atoms with E-state index in [1.54, 1.807) is 12.1 Å². The van der Waals surface area contributed by atoms with Crippen molar-refractivity contribution in [2.24, 2.45) is 5.73 Å². The van der Waals surface area contributed by atoms with Crippen molar-refractivity contribution in [1.82, 2.24) is 25.1 Å². The number of amides is 2. The molecule has 5 aromatic rings. The minimum absolute atomic E-state index is 0.360. The SMILES string of the molecule is NC(=O)Oc1ccc(Cn2c(CCc3c[nH]c4ccccc34)nnc2[C@@H](Cc2ccccc2)NC=O)cc1. The molecule has 2 heterocycles. The summed E-state index contributed by atoms with van der Waals surface area (Å²) >= 11 is 0. The number of nitrogens with zero attached hydrogens (tertiary/aromatic N) is 3. The van der Waals surface area contributed by atoms with Gasteiger partial charge < -0.3 is 25.3 Å². The minimum Gasteiger partial charge on any atom is -0.411 e. The predicted octanol–water partition coefficient (Wildman–Crippen LogP) is 4.08. The zero-order valence-corrected chi connectivity index (χ0v) is 20.7. The molecule has 38 heavy (non-hydrogen) atoms. The third-order valence-corrected chi connectivity index (χ3v) is 6.49. The van der Waals surface area contributed by atoms with Gasteiger partial charge in [-0.05, 0) is 47.7 Å². The van der Waals surface area contributed by atoms with E-state index in [1.165, 1.54) is 10.9 Å². The Kier molecular flexibility index (Phi) is 7.44. The van der Waals surface area contributed by atoms with Crippen molar-refractivity contribution < 1.29 is 14.3 Å². The summed E-state index contributed by atoms with van der Waals surface area (Å²) in [5.41, 5.74) is 9.47. The summed E-state index contributed by atoms with van der Waals surface area (Å²) in [6.07, 6.45) is 3.90. The van der Waals surface area contributed by atoms with Crippen LogP contribution in [0.4, 0.5) is 4.79 Å². The molecular weight excluding hydrogens is 480 g/mol. The number of aromatic nitrogens is 4. The molecule has 2 aromatic heterocycles. The Morgan fingerprint density at radius 3 is 2.50 bits per heavy atom. The number of carbonyl (C=O) groups is 2. The molecule has 0 saturated carbocycles. The minimum atomic E-state index is -0.859. The van der Waals surface area contributed by atoms with Crippen LogP contribution in [0.15, 0.2) is 85.1 Å². The molecule has 0 bridgehead atoms. The number of hydrogen-bond donors (Lipinski definition) is 3. The van der Waals surface area contributed by atoms with Crippen molar-refractivity contribution >= 4 is 23.4 Å². The van der Waals surface area contributed by atoms with E-state index in [-0.39, 0.29) is 6.04 Å². The number of rotatable bonds is 11. The molecule has 9 heteroatoms. The smallest absolute Gasteiger partial charge is 0.409 e. The van der Waals surface area contributed by atoms with Gasteiger partial charge in [-0.25, -0.2) is 4.79 Å². The van der Waals surface area contributed by atoms with Gasteiger partial charge in [0.1, 0.15) is 11.6 Å². The van der Waals surface area contributed by atoms with Crippen LogP contribution in [0, 0.1) is 0 Å². The second-order valence-electron chi connectivity index (χ2n) is 9.01. The Balaban J connectivity index is 1.45. The van der Waals surface area contributed by atoms with Gasteiger partial charge in [0, 0.05) is 23.5 Å². The first-order valence-electron chi connectivity index (χ1n) is 12.4. The van der Waals surface area contributed by atoms with Crippen molar-refractivity contribution in [1.29, 1.82) is 0 Å². The molecule has 0 aliphatic heterocycles. The molecule has 4 N–H and O–H groups in total. The predicted molar refractivity (Wildman–Crippen MR) is 144 cm³/mol. The van der Waals surface area contributed by atoms with Gasteiger partial charge in [-0.3, -0.25) is 4.79 Å². The summed E-state index contributed by atoms with van der Waals surface area (Å²) in [7, 11) is 0. The highest BCUT2D eigenvalue weighted by Crippen LogP contribution is 2.23. The van der Waals surface area contributed by atoms with E-state index < -0.39 is 6.09 Å². The first-order valence-corrected chi connectivity index (χ1v) is 12.4. The molecule has 0 fully saturated rings. The van der Waals surface area contributed by atoms with Gasteiger partial charge >= 0.3 is 6.09 Å². The summed E-state index contributed by atoms with van der Waals surface area (Å²) in [6, 6.07) is 24.9. The zero-order valence-electron chi connectivity index (χ0n) is 20.7. The lowest BCUT2D eigenvalue weighted by atomic mass is 10.0. The second-order valence-corrected chi connectivity index (χ2v) is 9.01. The van der Waals surface area contributed by atoms with Crippen LogP contribution in [0.25, 0.3) is 10.9 Å². The Morgan fingerprint density at radius 1 is 0.974 bits per heavy atom. The van der Waals surface area contributed by atoms with Crippen LogP contribution in [0.2, 0.25) is 0 Å². The third-order valence-electron chi connectivity index (χ3n) is 6.49. The van der Waals surface area contributed by atoms with Gasteiger partial charge in [-0.15, -0.1) is 10.2 Å². The van der Waals surface area contributed by atoms with E-state index in [9.17, 15) is 9.59 Å². The van der Waals surface area contributed by atoms with Gasteiger partial charge in [0.2, 0.25) is 6.41 Å². The number of aryl methyl sites for hydroxylation is 2. The van der Waals surface area contributed by atoms with Crippen molar-refractivity contribution in [2.75, 3.05) is 0 Å². The largest absolute Gasteiger partial charge is 0.411 e. The third kappa shape index (κ3) is 5.73. The van der Waals surface area contributed by atoms with Crippen molar-refractivity contribution in [2.45, 2.75) is 31.8 Å². The average Bonchev–Trinajstić information content (AvgIpc) is 3.52. The lowest BCUT2D eigenvalue weighted by molar-refractivity contribution is -0.110. The quantitative estimate of drug-likeness (QED) is 0.232. The van der Waals surface area contributed by atoms with Crippen LogP contribution in [-0.4, -0.2) is 32.3 Å². The first-order chi connectivity index (χ1) is 18.6. The highest BCUT2D eigenvalue weighted by atomic mass is 16.5.